The predicted octanol–water partition coefficient (Wildman–Crippen LogP) is -9.65. The summed E-state index contributed by atoms with van der Waals surface area (Å²) in [5, 5.41) is 7.32. The molecule has 169 valence electrons. The molecule has 0 heterocycles. The third kappa shape index (κ3) is 103. The molecule has 0 rings (SSSR count). The van der Waals surface area contributed by atoms with Crippen molar-refractivity contribution >= 4 is 0 Å². The van der Waals surface area contributed by atoms with Gasteiger partial charge in [-0.2, -0.15) is 5.26 Å². The summed E-state index contributed by atoms with van der Waals surface area (Å²) in [5.41, 5.74) is 16.4. The number of hydrogen-bond donors (Lipinski definition) is 3. The van der Waals surface area contributed by atoms with Gasteiger partial charge < -0.3 is 22.1 Å². The number of nitrogens with zero attached hydrogens (tertiary/aromatic N) is 2. The summed E-state index contributed by atoms with van der Waals surface area (Å²) in [6.07, 6.45) is 3.19. The van der Waals surface area contributed by atoms with E-state index in [0.29, 0.717) is 0 Å². The molecule has 0 aliphatic heterocycles. The molecule has 13 nitrogen and oxygen atoms in total. The van der Waals surface area contributed by atoms with Crippen molar-refractivity contribution in [3.8, 4) is 6.07 Å². The first-order valence-corrected chi connectivity index (χ1v) is 9.60. The zero-order chi connectivity index (χ0) is 21.6. The van der Waals surface area contributed by atoms with Gasteiger partial charge in [-0.15, -0.1) is 20.5 Å². The largest absolute Gasteiger partial charge is 2.00 e. The van der Waals surface area contributed by atoms with Crippen LogP contribution < -0.4 is 54.5 Å². The third-order valence-electron chi connectivity index (χ3n) is 2.04. The molecule has 0 spiro atoms. The van der Waals surface area contributed by atoms with Crippen LogP contribution in [0.15, 0.2) is 0 Å². The summed E-state index contributed by atoms with van der Waals surface area (Å²) in [6, 6.07) is 1.75. The average Bonchev–Trinajstić information content (AvgIpc) is 2.44. The van der Waals surface area contributed by atoms with Crippen LogP contribution in [-0.4, -0.2) is 44.2 Å². The van der Waals surface area contributed by atoms with Crippen LogP contribution in [0.5, 0.6) is 0 Å². The van der Waals surface area contributed by atoms with Crippen molar-refractivity contribution < 1.29 is 74.8 Å². The van der Waals surface area contributed by atoms with Crippen molar-refractivity contribution in [1.29, 1.82) is 5.26 Å². The van der Waals surface area contributed by atoms with E-state index >= 15 is 0 Å². The molecule has 0 bridgehead atoms. The van der Waals surface area contributed by atoms with Gasteiger partial charge in [0.2, 0.25) is 0 Å². The van der Waals surface area contributed by atoms with Gasteiger partial charge in [0.05, 0.1) is 6.07 Å². The third-order valence-corrected chi connectivity index (χ3v) is 2.04. The summed E-state index contributed by atoms with van der Waals surface area (Å²) < 4.78 is 67.9. The molecular formula is C11H27Cl2CuN5O8. The number of hydrogen-bond acceptors (Lipinski definition) is 13. The summed E-state index contributed by atoms with van der Waals surface area (Å²) >= 11 is 0. The molecule has 1 radical (unpaired) electrons. The number of nitrogens with two attached hydrogens (primary N) is 3. The van der Waals surface area contributed by atoms with Crippen LogP contribution in [0.1, 0.15) is 26.2 Å². The number of nitriles is 1. The molecule has 0 aromatic heterocycles. The van der Waals surface area contributed by atoms with Crippen molar-refractivity contribution in [2.75, 3.05) is 39.3 Å². The molecule has 0 saturated heterocycles. The Balaban J connectivity index is -0.0000000956. The van der Waals surface area contributed by atoms with Crippen molar-refractivity contribution in [2.24, 2.45) is 17.2 Å². The Morgan fingerprint density at radius 2 is 0.852 bits per heavy atom. The van der Waals surface area contributed by atoms with Crippen LogP contribution >= 0.6 is 0 Å². The quantitative estimate of drug-likeness (QED) is 0.252. The maximum absolute atomic E-state index is 8.49. The minimum Gasteiger partial charge on any atom is -0.330 e. The fourth-order valence-electron chi connectivity index (χ4n) is 1.28. The molecular weight excluding hydrogens is 465 g/mol. The summed E-state index contributed by atoms with van der Waals surface area (Å²) in [5.74, 6) is 0. The van der Waals surface area contributed by atoms with Crippen LogP contribution in [-0.2, 0) is 17.1 Å². The van der Waals surface area contributed by atoms with E-state index in [1.807, 2.05) is 0 Å². The first-order chi connectivity index (χ1) is 11.8. The van der Waals surface area contributed by atoms with Gasteiger partial charge in [-0.25, -0.2) is 37.3 Å². The Morgan fingerprint density at radius 3 is 0.963 bits per heavy atom. The average molecular weight is 492 g/mol. The van der Waals surface area contributed by atoms with Crippen LogP contribution in [0.3, 0.4) is 0 Å². The normalized spacial score (nSPS) is 10.1. The van der Waals surface area contributed by atoms with Gasteiger partial charge in [0, 0.05) is 6.92 Å². The molecule has 6 N–H and O–H groups in total. The van der Waals surface area contributed by atoms with Gasteiger partial charge >= 0.3 is 17.1 Å². The fraction of sp³-hybridized carbons (Fsp3) is 0.909. The summed E-state index contributed by atoms with van der Waals surface area (Å²) in [4.78, 5) is 2.40. The van der Waals surface area contributed by atoms with E-state index in [-0.39, 0.29) is 17.1 Å². The first-order valence-electron chi connectivity index (χ1n) is 7.13. The minimum atomic E-state index is -4.94. The maximum atomic E-state index is 8.49. The van der Waals surface area contributed by atoms with Gasteiger partial charge in [0.25, 0.3) is 0 Å². The van der Waals surface area contributed by atoms with Gasteiger partial charge in [0.15, 0.2) is 0 Å². The predicted molar refractivity (Wildman–Crippen MR) is 68.7 cm³/mol. The van der Waals surface area contributed by atoms with Gasteiger partial charge in [-0.1, -0.05) is 0 Å². The summed E-state index contributed by atoms with van der Waals surface area (Å²) in [7, 11) is -9.89. The monoisotopic (exact) mass is 490 g/mol. The Morgan fingerprint density at radius 1 is 0.704 bits per heavy atom. The first kappa shape index (κ1) is 37.8. The van der Waals surface area contributed by atoms with E-state index < -0.39 is 20.5 Å². The molecule has 0 aliphatic rings. The van der Waals surface area contributed by atoms with E-state index in [1.54, 1.807) is 6.07 Å². The number of halogens is 2. The molecule has 0 atom stereocenters. The maximum Gasteiger partial charge on any atom is 2.00 e. The molecule has 16 heteroatoms. The second-order valence-corrected chi connectivity index (χ2v) is 5.76. The Bertz CT molecular complexity index is 276. The summed E-state index contributed by atoms with van der Waals surface area (Å²) in [6.45, 7) is 6.97. The van der Waals surface area contributed by atoms with E-state index in [9.17, 15) is 0 Å². The zero-order valence-corrected chi connectivity index (χ0v) is 17.3. The smallest absolute Gasteiger partial charge is 0.330 e. The molecule has 0 saturated carbocycles. The van der Waals surface area contributed by atoms with Crippen molar-refractivity contribution in [3.05, 3.63) is 0 Å². The van der Waals surface area contributed by atoms with E-state index in [4.69, 9.17) is 59.7 Å². The van der Waals surface area contributed by atoms with Gasteiger partial charge in [-0.3, -0.25) is 0 Å². The van der Waals surface area contributed by atoms with Crippen LogP contribution in [0, 0.1) is 31.8 Å². The van der Waals surface area contributed by atoms with E-state index in [2.05, 4.69) is 4.90 Å². The molecule has 0 amide bonds. The molecule has 0 unspecified atom stereocenters. The standard InChI is InChI=1S/C9H24N4.C2H3N.2ClHO4.Cu/c10-4-1-7-13(8-2-5-11)9-3-6-12;1-2-3;2*2-1(3,4)5;/h1-12H2;1H3;2*(H,2,3,4,5);/q;;;;+2/p-2. The fourth-order valence-corrected chi connectivity index (χ4v) is 1.28. The number of rotatable bonds is 9. The van der Waals surface area contributed by atoms with Crippen LogP contribution in [0.25, 0.3) is 0 Å². The van der Waals surface area contributed by atoms with Gasteiger partial charge in [0.1, 0.15) is 0 Å². The minimum absolute atomic E-state index is 0. The SMILES string of the molecule is CC#N.NCCCN(CCCN)CCCN.[Cu+2].[O-][Cl+3]([O-])([O-])[O-].[O-][Cl+3]([O-])([O-])[O-]. The van der Waals surface area contributed by atoms with Crippen molar-refractivity contribution in [2.45, 2.75) is 26.2 Å². The van der Waals surface area contributed by atoms with E-state index in [0.717, 1.165) is 58.5 Å². The Labute approximate surface area is 173 Å². The van der Waals surface area contributed by atoms with Crippen LogP contribution in [0.2, 0.25) is 0 Å². The molecule has 27 heavy (non-hydrogen) atoms. The van der Waals surface area contributed by atoms with Crippen molar-refractivity contribution in [1.82, 2.24) is 4.90 Å². The topological polar surface area (TPSA) is 290 Å². The molecule has 0 fully saturated rings. The second-order valence-electron chi connectivity index (χ2n) is 4.25. The Hall–Kier alpha value is 0.109. The Kier molecular flexibility index (Phi) is 36.6. The second kappa shape index (κ2) is 26.1. The van der Waals surface area contributed by atoms with Crippen LogP contribution in [0.4, 0.5) is 0 Å². The molecule has 0 aromatic rings. The van der Waals surface area contributed by atoms with E-state index in [1.165, 1.54) is 6.92 Å². The zero-order valence-electron chi connectivity index (χ0n) is 14.8. The molecule has 0 aliphatic carbocycles. The van der Waals surface area contributed by atoms with Gasteiger partial charge in [-0.05, 0) is 58.5 Å². The molecule has 0 aromatic carbocycles. The van der Waals surface area contributed by atoms with Crippen molar-refractivity contribution in [3.63, 3.8) is 0 Å².